The molecule has 6 nitrogen and oxygen atoms in total. The molecule has 2 heterocycles. The van der Waals surface area contributed by atoms with Gasteiger partial charge in [-0.25, -0.2) is 0 Å². The second-order valence-electron chi connectivity index (χ2n) is 6.03. The van der Waals surface area contributed by atoms with Crippen molar-refractivity contribution in [3.63, 3.8) is 0 Å². The van der Waals surface area contributed by atoms with Gasteiger partial charge in [-0.15, -0.1) is 0 Å². The molecule has 0 amide bonds. The number of aryl methyl sites for hydroxylation is 1. The first-order valence-corrected chi connectivity index (χ1v) is 7.97. The molecule has 126 valence electrons. The van der Waals surface area contributed by atoms with E-state index in [1.54, 1.807) is 13.3 Å². The largest absolute Gasteiger partial charge is 0.469 e. The second kappa shape index (κ2) is 7.85. The molecule has 0 fully saturated rings. The molecule has 0 saturated carbocycles. The highest BCUT2D eigenvalue weighted by molar-refractivity contribution is 5.79. The topological polar surface area (TPSA) is 58.6 Å². The Kier molecular flexibility index (Phi) is 5.84. The molecular formula is C17H27N5O. The van der Waals surface area contributed by atoms with E-state index in [2.05, 4.69) is 40.4 Å². The van der Waals surface area contributed by atoms with Gasteiger partial charge in [0.05, 0.1) is 12.0 Å². The molecule has 0 aliphatic rings. The number of guanidine groups is 1. The Morgan fingerprint density at radius 3 is 2.87 bits per heavy atom. The predicted molar refractivity (Wildman–Crippen MR) is 92.5 cm³/mol. The minimum atomic E-state index is 0.411. The number of hydrogen-bond donors (Lipinski definition) is 1. The zero-order valence-corrected chi connectivity index (χ0v) is 14.7. The SMILES string of the molecule is CN=C(NCCc1ccco1)N(C)Cc1cn(C)nc1C(C)C. The summed E-state index contributed by atoms with van der Waals surface area (Å²) in [5.74, 6) is 2.26. The monoisotopic (exact) mass is 317 g/mol. The van der Waals surface area contributed by atoms with Crippen molar-refractivity contribution < 1.29 is 4.42 Å². The summed E-state index contributed by atoms with van der Waals surface area (Å²) in [4.78, 5) is 6.47. The molecule has 2 aromatic heterocycles. The van der Waals surface area contributed by atoms with Gasteiger partial charge < -0.3 is 14.6 Å². The molecule has 0 aliphatic carbocycles. The molecule has 2 aromatic rings. The minimum Gasteiger partial charge on any atom is -0.469 e. The third-order valence-corrected chi connectivity index (χ3v) is 3.70. The van der Waals surface area contributed by atoms with Gasteiger partial charge >= 0.3 is 0 Å². The maximum Gasteiger partial charge on any atom is 0.193 e. The molecule has 0 bridgehead atoms. The second-order valence-corrected chi connectivity index (χ2v) is 6.03. The number of aromatic nitrogens is 2. The lowest BCUT2D eigenvalue weighted by atomic mass is 10.1. The van der Waals surface area contributed by atoms with Crippen LogP contribution in [0, 0.1) is 0 Å². The summed E-state index contributed by atoms with van der Waals surface area (Å²) in [6.07, 6.45) is 4.62. The predicted octanol–water partition coefficient (Wildman–Crippen LogP) is 2.39. The van der Waals surface area contributed by atoms with E-state index in [-0.39, 0.29) is 0 Å². The fourth-order valence-electron chi connectivity index (χ4n) is 2.63. The van der Waals surface area contributed by atoms with Crippen molar-refractivity contribution in [2.75, 3.05) is 20.6 Å². The van der Waals surface area contributed by atoms with Crippen molar-refractivity contribution in [1.82, 2.24) is 20.0 Å². The van der Waals surface area contributed by atoms with E-state index in [0.717, 1.165) is 36.9 Å². The Bertz CT molecular complexity index is 627. The molecule has 0 unspecified atom stereocenters. The number of aliphatic imine (C=N–C) groups is 1. The summed E-state index contributed by atoms with van der Waals surface area (Å²) in [7, 11) is 5.81. The normalized spacial score (nSPS) is 12.0. The first kappa shape index (κ1) is 17.1. The highest BCUT2D eigenvalue weighted by atomic mass is 16.3. The summed E-state index contributed by atoms with van der Waals surface area (Å²) in [6, 6.07) is 3.89. The van der Waals surface area contributed by atoms with Crippen LogP contribution in [0.3, 0.4) is 0 Å². The first-order chi connectivity index (χ1) is 11.0. The van der Waals surface area contributed by atoms with Crippen LogP contribution < -0.4 is 5.32 Å². The van der Waals surface area contributed by atoms with Crippen molar-refractivity contribution in [1.29, 1.82) is 0 Å². The molecule has 0 radical (unpaired) electrons. The number of furan rings is 1. The molecule has 1 N–H and O–H groups in total. The van der Waals surface area contributed by atoms with Crippen LogP contribution in [0.25, 0.3) is 0 Å². The summed E-state index contributed by atoms with van der Waals surface area (Å²) in [5, 5.41) is 7.93. The lowest BCUT2D eigenvalue weighted by Crippen LogP contribution is -2.39. The van der Waals surface area contributed by atoms with Crippen molar-refractivity contribution in [2.45, 2.75) is 32.7 Å². The van der Waals surface area contributed by atoms with Gasteiger partial charge in [0.15, 0.2) is 5.96 Å². The molecule has 0 saturated heterocycles. The minimum absolute atomic E-state index is 0.411. The third kappa shape index (κ3) is 4.61. The molecule has 23 heavy (non-hydrogen) atoms. The van der Waals surface area contributed by atoms with Gasteiger partial charge in [-0.1, -0.05) is 13.8 Å². The molecule has 2 rings (SSSR count). The van der Waals surface area contributed by atoms with E-state index >= 15 is 0 Å². The molecule has 0 aromatic carbocycles. The first-order valence-electron chi connectivity index (χ1n) is 7.97. The average molecular weight is 317 g/mol. The van der Waals surface area contributed by atoms with Crippen LogP contribution >= 0.6 is 0 Å². The van der Waals surface area contributed by atoms with Gasteiger partial charge in [-0.05, 0) is 18.1 Å². The highest BCUT2D eigenvalue weighted by Crippen LogP contribution is 2.18. The van der Waals surface area contributed by atoms with Crippen LogP contribution in [0.5, 0.6) is 0 Å². The molecule has 6 heteroatoms. The van der Waals surface area contributed by atoms with Gasteiger partial charge in [0.25, 0.3) is 0 Å². The smallest absolute Gasteiger partial charge is 0.193 e. The third-order valence-electron chi connectivity index (χ3n) is 3.70. The Labute approximate surface area is 138 Å². The van der Waals surface area contributed by atoms with Gasteiger partial charge in [-0.2, -0.15) is 5.10 Å². The summed E-state index contributed by atoms with van der Waals surface area (Å²) < 4.78 is 7.23. The van der Waals surface area contributed by atoms with E-state index in [4.69, 9.17) is 4.42 Å². The van der Waals surface area contributed by atoms with Crippen LogP contribution in [0.4, 0.5) is 0 Å². The van der Waals surface area contributed by atoms with Gasteiger partial charge in [0.2, 0.25) is 0 Å². The summed E-state index contributed by atoms with van der Waals surface area (Å²) in [6.45, 7) is 5.90. The maximum atomic E-state index is 5.35. The van der Waals surface area contributed by atoms with Crippen LogP contribution in [-0.2, 0) is 20.0 Å². The van der Waals surface area contributed by atoms with E-state index in [1.807, 2.05) is 30.9 Å². The van der Waals surface area contributed by atoms with Crippen LogP contribution in [0.2, 0.25) is 0 Å². The quantitative estimate of drug-likeness (QED) is 0.656. The Hall–Kier alpha value is -2.24. The zero-order chi connectivity index (χ0) is 16.8. The lowest BCUT2D eigenvalue weighted by molar-refractivity contribution is 0.467. The Morgan fingerprint density at radius 2 is 2.26 bits per heavy atom. The van der Waals surface area contributed by atoms with E-state index in [1.165, 1.54) is 5.56 Å². The molecular weight excluding hydrogens is 290 g/mol. The molecule has 0 atom stereocenters. The number of nitrogens with zero attached hydrogens (tertiary/aromatic N) is 4. The maximum absolute atomic E-state index is 5.35. The van der Waals surface area contributed by atoms with Crippen LogP contribution in [0.1, 0.15) is 36.8 Å². The van der Waals surface area contributed by atoms with Gasteiger partial charge in [0.1, 0.15) is 5.76 Å². The molecule has 0 aliphatic heterocycles. The number of rotatable bonds is 6. The van der Waals surface area contributed by atoms with E-state index < -0.39 is 0 Å². The van der Waals surface area contributed by atoms with Crippen molar-refractivity contribution in [3.8, 4) is 0 Å². The average Bonchev–Trinajstić information content (AvgIpc) is 3.13. The Balaban J connectivity index is 1.93. The van der Waals surface area contributed by atoms with Crippen molar-refractivity contribution in [2.24, 2.45) is 12.0 Å². The summed E-state index contributed by atoms with van der Waals surface area (Å²) >= 11 is 0. The highest BCUT2D eigenvalue weighted by Gasteiger charge is 2.15. The lowest BCUT2D eigenvalue weighted by Gasteiger charge is -2.22. The standard InChI is InChI=1S/C17H27N5O/c1-13(2)16-14(12-22(5)20-16)11-21(4)17(18-3)19-9-8-15-7-6-10-23-15/h6-7,10,12-13H,8-9,11H2,1-5H3,(H,18,19). The van der Waals surface area contributed by atoms with E-state index in [9.17, 15) is 0 Å². The number of hydrogen-bond acceptors (Lipinski definition) is 3. The van der Waals surface area contributed by atoms with E-state index in [0.29, 0.717) is 5.92 Å². The fraction of sp³-hybridized carbons (Fsp3) is 0.529. The Morgan fingerprint density at radius 1 is 1.48 bits per heavy atom. The van der Waals surface area contributed by atoms with Crippen molar-refractivity contribution in [3.05, 3.63) is 41.6 Å². The van der Waals surface area contributed by atoms with Gasteiger partial charge in [0, 0.05) is 52.4 Å². The van der Waals surface area contributed by atoms with Gasteiger partial charge in [-0.3, -0.25) is 9.67 Å². The molecule has 0 spiro atoms. The van der Waals surface area contributed by atoms with Crippen LogP contribution in [0.15, 0.2) is 34.0 Å². The summed E-state index contributed by atoms with van der Waals surface area (Å²) in [5.41, 5.74) is 2.38. The fourth-order valence-corrected chi connectivity index (χ4v) is 2.63. The number of nitrogens with one attached hydrogen (secondary N) is 1. The zero-order valence-electron chi connectivity index (χ0n) is 14.7. The van der Waals surface area contributed by atoms with Crippen LogP contribution in [-0.4, -0.2) is 41.3 Å². The van der Waals surface area contributed by atoms with Crippen molar-refractivity contribution >= 4 is 5.96 Å².